The molecule has 0 saturated heterocycles. The molecule has 0 aliphatic carbocycles. The van der Waals surface area contributed by atoms with Crippen LogP contribution in [0.25, 0.3) is 6.08 Å². The molecule has 2 aromatic rings. The average Bonchev–Trinajstić information content (AvgIpc) is 2.55. The van der Waals surface area contributed by atoms with Gasteiger partial charge in [-0.15, -0.1) is 0 Å². The Hall–Kier alpha value is -2.75. The number of hydrogen-bond donors (Lipinski definition) is 1. The van der Waals surface area contributed by atoms with Crippen molar-refractivity contribution in [3.05, 3.63) is 71.4 Å². The molecule has 0 unspecified atom stereocenters. The Bertz CT molecular complexity index is 630. The van der Waals surface area contributed by atoms with Crippen LogP contribution in [0.3, 0.4) is 0 Å². The lowest BCUT2D eigenvalue weighted by Crippen LogP contribution is -2.18. The highest BCUT2D eigenvalue weighted by Gasteiger charge is 2.00. The van der Waals surface area contributed by atoms with Gasteiger partial charge in [0.25, 0.3) is 0 Å². The Morgan fingerprint density at radius 2 is 1.77 bits per heavy atom. The highest BCUT2D eigenvalue weighted by Crippen LogP contribution is 2.12. The third-order valence-electron chi connectivity index (χ3n) is 3.08. The molecule has 0 aliphatic heterocycles. The van der Waals surface area contributed by atoms with E-state index in [4.69, 9.17) is 9.47 Å². The number of ether oxygens (including phenoxy) is 2. The number of methoxy groups -OCH3 is 1. The Kier molecular flexibility index (Phi) is 5.60. The molecule has 0 atom stereocenters. The Balaban J connectivity index is 1.76. The van der Waals surface area contributed by atoms with Crippen molar-refractivity contribution in [3.8, 4) is 5.75 Å². The number of benzene rings is 2. The van der Waals surface area contributed by atoms with Crippen molar-refractivity contribution in [1.82, 2.24) is 5.32 Å². The van der Waals surface area contributed by atoms with Gasteiger partial charge < -0.3 is 9.47 Å². The maximum Gasteiger partial charge on any atom is 0.411 e. The summed E-state index contributed by atoms with van der Waals surface area (Å²) in [6.45, 7) is 2.25. The smallest absolute Gasteiger partial charge is 0.411 e. The van der Waals surface area contributed by atoms with E-state index >= 15 is 0 Å². The van der Waals surface area contributed by atoms with Crippen LogP contribution < -0.4 is 10.1 Å². The van der Waals surface area contributed by atoms with Gasteiger partial charge in [-0.3, -0.25) is 5.32 Å². The van der Waals surface area contributed by atoms with Crippen LogP contribution in [-0.4, -0.2) is 13.2 Å². The van der Waals surface area contributed by atoms with Gasteiger partial charge in [0.2, 0.25) is 0 Å². The van der Waals surface area contributed by atoms with Gasteiger partial charge in [-0.1, -0.05) is 42.0 Å². The fraction of sp³-hybridized carbons (Fsp3) is 0.167. The van der Waals surface area contributed by atoms with Crippen LogP contribution in [0.15, 0.2) is 54.7 Å². The molecule has 4 nitrogen and oxygen atoms in total. The molecule has 1 N–H and O–H groups in total. The normalized spacial score (nSPS) is 10.5. The van der Waals surface area contributed by atoms with Gasteiger partial charge in [0.15, 0.2) is 0 Å². The SMILES string of the molecule is COc1ccc(COC(=O)NC=Cc2ccc(C)cc2)cc1. The van der Waals surface area contributed by atoms with E-state index in [-0.39, 0.29) is 6.61 Å². The minimum Gasteiger partial charge on any atom is -0.497 e. The molecular weight excluding hydrogens is 278 g/mol. The topological polar surface area (TPSA) is 47.6 Å². The second-order valence-electron chi connectivity index (χ2n) is 4.81. The van der Waals surface area contributed by atoms with Gasteiger partial charge >= 0.3 is 6.09 Å². The summed E-state index contributed by atoms with van der Waals surface area (Å²) in [5, 5.41) is 2.57. The molecule has 22 heavy (non-hydrogen) atoms. The molecule has 0 aromatic heterocycles. The van der Waals surface area contributed by atoms with Crippen LogP contribution in [0.1, 0.15) is 16.7 Å². The predicted molar refractivity (Wildman–Crippen MR) is 86.5 cm³/mol. The number of amides is 1. The minimum absolute atomic E-state index is 0.216. The standard InChI is InChI=1S/C18H19NO3/c1-14-3-5-15(6-4-14)11-12-19-18(20)22-13-16-7-9-17(21-2)10-8-16/h3-12H,13H2,1-2H3,(H,19,20). The highest BCUT2D eigenvalue weighted by molar-refractivity contribution is 5.69. The molecule has 0 bridgehead atoms. The lowest BCUT2D eigenvalue weighted by molar-refractivity contribution is 0.143. The third-order valence-corrected chi connectivity index (χ3v) is 3.08. The molecule has 0 saturated carbocycles. The molecule has 0 heterocycles. The molecule has 4 heteroatoms. The minimum atomic E-state index is -0.487. The fourth-order valence-corrected chi connectivity index (χ4v) is 1.80. The maximum absolute atomic E-state index is 11.6. The zero-order valence-corrected chi connectivity index (χ0v) is 12.7. The van der Waals surface area contributed by atoms with E-state index in [0.29, 0.717) is 0 Å². The second-order valence-corrected chi connectivity index (χ2v) is 4.81. The molecule has 2 aromatic carbocycles. The molecule has 0 fully saturated rings. The van der Waals surface area contributed by atoms with Crippen LogP contribution in [-0.2, 0) is 11.3 Å². The fourth-order valence-electron chi connectivity index (χ4n) is 1.80. The van der Waals surface area contributed by atoms with Crippen molar-refractivity contribution < 1.29 is 14.3 Å². The predicted octanol–water partition coefficient (Wildman–Crippen LogP) is 3.90. The second kappa shape index (κ2) is 7.88. The number of hydrogen-bond acceptors (Lipinski definition) is 3. The average molecular weight is 297 g/mol. The summed E-state index contributed by atoms with van der Waals surface area (Å²) in [5.74, 6) is 0.772. The number of rotatable bonds is 5. The molecule has 1 amide bonds. The van der Waals surface area contributed by atoms with Crippen LogP contribution in [0.5, 0.6) is 5.75 Å². The van der Waals surface area contributed by atoms with E-state index in [0.717, 1.165) is 16.9 Å². The zero-order chi connectivity index (χ0) is 15.8. The monoisotopic (exact) mass is 297 g/mol. The number of nitrogens with one attached hydrogen (secondary N) is 1. The van der Waals surface area contributed by atoms with Crippen LogP contribution in [0.4, 0.5) is 4.79 Å². The van der Waals surface area contributed by atoms with Crippen molar-refractivity contribution >= 4 is 12.2 Å². The molecule has 0 radical (unpaired) electrons. The summed E-state index contributed by atoms with van der Waals surface area (Å²) in [6, 6.07) is 15.4. The van der Waals surface area contributed by atoms with Crippen LogP contribution in [0.2, 0.25) is 0 Å². The summed E-state index contributed by atoms with van der Waals surface area (Å²) in [5.41, 5.74) is 3.11. The first-order valence-electron chi connectivity index (χ1n) is 6.97. The molecule has 2 rings (SSSR count). The van der Waals surface area contributed by atoms with Gasteiger partial charge in [-0.25, -0.2) is 4.79 Å². The van der Waals surface area contributed by atoms with E-state index in [2.05, 4.69) is 5.32 Å². The zero-order valence-electron chi connectivity index (χ0n) is 12.7. The van der Waals surface area contributed by atoms with Crippen molar-refractivity contribution in [2.75, 3.05) is 7.11 Å². The maximum atomic E-state index is 11.6. The van der Waals surface area contributed by atoms with E-state index in [9.17, 15) is 4.79 Å². The first-order chi connectivity index (χ1) is 10.7. The summed E-state index contributed by atoms with van der Waals surface area (Å²) in [7, 11) is 1.61. The summed E-state index contributed by atoms with van der Waals surface area (Å²) < 4.78 is 10.2. The quantitative estimate of drug-likeness (QED) is 0.910. The summed E-state index contributed by atoms with van der Waals surface area (Å²) in [4.78, 5) is 11.6. The summed E-state index contributed by atoms with van der Waals surface area (Å²) >= 11 is 0. The number of alkyl carbamates (subject to hydrolysis) is 1. The van der Waals surface area contributed by atoms with Crippen LogP contribution in [0, 0.1) is 6.92 Å². The van der Waals surface area contributed by atoms with E-state index in [1.165, 1.54) is 5.56 Å². The molecule has 0 aliphatic rings. The van der Waals surface area contributed by atoms with Crippen molar-refractivity contribution in [2.45, 2.75) is 13.5 Å². The highest BCUT2D eigenvalue weighted by atomic mass is 16.5. The Labute approximate surface area is 130 Å². The van der Waals surface area contributed by atoms with Crippen LogP contribution >= 0.6 is 0 Å². The van der Waals surface area contributed by atoms with E-state index < -0.39 is 6.09 Å². The lowest BCUT2D eigenvalue weighted by Gasteiger charge is -2.05. The lowest BCUT2D eigenvalue weighted by atomic mass is 10.1. The van der Waals surface area contributed by atoms with Gasteiger partial charge in [0.05, 0.1) is 7.11 Å². The number of carbonyl (C=O) groups is 1. The van der Waals surface area contributed by atoms with Crippen molar-refractivity contribution in [3.63, 3.8) is 0 Å². The van der Waals surface area contributed by atoms with Crippen molar-refractivity contribution in [1.29, 1.82) is 0 Å². The Morgan fingerprint density at radius 1 is 1.09 bits per heavy atom. The van der Waals surface area contributed by atoms with Crippen molar-refractivity contribution in [2.24, 2.45) is 0 Å². The first kappa shape index (κ1) is 15.6. The molecule has 0 spiro atoms. The summed E-state index contributed by atoms with van der Waals surface area (Å²) in [6.07, 6.45) is 2.90. The number of carbonyl (C=O) groups excluding carboxylic acids is 1. The number of aryl methyl sites for hydroxylation is 1. The first-order valence-corrected chi connectivity index (χ1v) is 6.97. The molecular formula is C18H19NO3. The Morgan fingerprint density at radius 3 is 2.41 bits per heavy atom. The van der Waals surface area contributed by atoms with Gasteiger partial charge in [-0.2, -0.15) is 0 Å². The largest absolute Gasteiger partial charge is 0.497 e. The van der Waals surface area contributed by atoms with Gasteiger partial charge in [0, 0.05) is 6.20 Å². The third kappa shape index (κ3) is 4.98. The van der Waals surface area contributed by atoms with E-state index in [1.54, 1.807) is 13.3 Å². The van der Waals surface area contributed by atoms with Gasteiger partial charge in [-0.05, 0) is 36.3 Å². The molecule has 114 valence electrons. The van der Waals surface area contributed by atoms with E-state index in [1.807, 2.05) is 61.5 Å². The van der Waals surface area contributed by atoms with Gasteiger partial charge in [0.1, 0.15) is 12.4 Å².